The zero-order chi connectivity index (χ0) is 24.5. The molecule has 0 amide bonds. The van der Waals surface area contributed by atoms with Gasteiger partial charge >= 0.3 is 0 Å². The highest BCUT2D eigenvalue weighted by Gasteiger charge is 2.20. The predicted molar refractivity (Wildman–Crippen MR) is 135 cm³/mol. The molecular weight excluding hydrogens is 474 g/mol. The summed E-state index contributed by atoms with van der Waals surface area (Å²) >= 11 is 6.36. The molecule has 0 bridgehead atoms. The molecule has 0 spiro atoms. The van der Waals surface area contributed by atoms with Crippen LogP contribution < -0.4 is 5.32 Å². The van der Waals surface area contributed by atoms with Crippen molar-refractivity contribution in [1.82, 2.24) is 25.5 Å². The van der Waals surface area contributed by atoms with Crippen LogP contribution in [-0.4, -0.2) is 40.9 Å². The second-order valence-electron chi connectivity index (χ2n) is 8.06. The Labute approximate surface area is 206 Å². The fourth-order valence-corrected chi connectivity index (χ4v) is 4.64. The molecule has 180 valence electrons. The standard InChI is InChI=1S/C24H24ClN5O3S.2H2/c1-14(2)34(31,32)19-9-7-16(8-10-19)21-13-27-15(3)22(28-21)24-30-29-23(33-24)17-5-6-18(12-26-4)20(25)11-17;;/h5-11,13-14,26H,12H2,1-4H3;2*1H. The summed E-state index contributed by atoms with van der Waals surface area (Å²) in [4.78, 5) is 9.35. The summed E-state index contributed by atoms with van der Waals surface area (Å²) < 4.78 is 30.7. The average molecular weight is 502 g/mol. The summed E-state index contributed by atoms with van der Waals surface area (Å²) in [5, 5.41) is 11.5. The molecule has 2 aromatic carbocycles. The lowest BCUT2D eigenvalue weighted by atomic mass is 10.1. The molecule has 4 aromatic rings. The first-order valence-corrected chi connectivity index (χ1v) is 12.6. The molecule has 0 radical (unpaired) electrons. The van der Waals surface area contributed by atoms with Crippen LogP contribution in [0.2, 0.25) is 5.02 Å². The molecule has 0 aliphatic carbocycles. The number of hydrogen-bond acceptors (Lipinski definition) is 8. The highest BCUT2D eigenvalue weighted by Crippen LogP contribution is 2.29. The quantitative estimate of drug-likeness (QED) is 0.367. The zero-order valence-electron chi connectivity index (χ0n) is 19.2. The molecule has 10 heteroatoms. The monoisotopic (exact) mass is 501 g/mol. The van der Waals surface area contributed by atoms with E-state index in [1.807, 2.05) is 19.2 Å². The fourth-order valence-electron chi connectivity index (χ4n) is 3.33. The maximum atomic E-state index is 12.4. The highest BCUT2D eigenvalue weighted by molar-refractivity contribution is 7.92. The van der Waals surface area contributed by atoms with Crippen molar-refractivity contribution in [2.24, 2.45) is 0 Å². The largest absolute Gasteiger partial charge is 0.415 e. The molecule has 0 atom stereocenters. The molecule has 34 heavy (non-hydrogen) atoms. The highest BCUT2D eigenvalue weighted by atomic mass is 35.5. The van der Waals surface area contributed by atoms with E-state index in [9.17, 15) is 8.42 Å². The van der Waals surface area contributed by atoms with E-state index >= 15 is 0 Å². The third-order valence-electron chi connectivity index (χ3n) is 5.35. The summed E-state index contributed by atoms with van der Waals surface area (Å²) in [5.41, 5.74) is 4.03. The normalized spacial score (nSPS) is 11.8. The number of aromatic nitrogens is 4. The van der Waals surface area contributed by atoms with Gasteiger partial charge in [0.1, 0.15) is 5.69 Å². The van der Waals surface area contributed by atoms with Crippen LogP contribution in [0.25, 0.3) is 34.3 Å². The van der Waals surface area contributed by atoms with Crippen LogP contribution in [-0.2, 0) is 16.4 Å². The maximum Gasteiger partial charge on any atom is 0.268 e. The van der Waals surface area contributed by atoms with Gasteiger partial charge in [-0.25, -0.2) is 13.4 Å². The van der Waals surface area contributed by atoms with Gasteiger partial charge in [-0.05, 0) is 57.6 Å². The number of hydrogen-bond donors (Lipinski definition) is 1. The first kappa shape index (κ1) is 24.0. The number of halogens is 1. The Morgan fingerprint density at radius 3 is 2.38 bits per heavy atom. The maximum absolute atomic E-state index is 12.4. The van der Waals surface area contributed by atoms with E-state index in [1.165, 1.54) is 0 Å². The van der Waals surface area contributed by atoms with Crippen LogP contribution in [0.3, 0.4) is 0 Å². The van der Waals surface area contributed by atoms with Gasteiger partial charge in [0.15, 0.2) is 9.84 Å². The Balaban J connectivity index is 0.00000228. The van der Waals surface area contributed by atoms with Crippen LogP contribution in [0.15, 0.2) is 58.0 Å². The van der Waals surface area contributed by atoms with Crippen LogP contribution in [0.5, 0.6) is 0 Å². The van der Waals surface area contributed by atoms with Crippen molar-refractivity contribution < 1.29 is 15.7 Å². The molecule has 8 nitrogen and oxygen atoms in total. The third kappa shape index (κ3) is 4.72. The number of sulfone groups is 1. The lowest BCUT2D eigenvalue weighted by molar-refractivity contribution is 0.581. The molecular formula is C24H28ClN5O3S. The molecule has 0 fully saturated rings. The summed E-state index contributed by atoms with van der Waals surface area (Å²) in [6.45, 7) is 5.77. The minimum atomic E-state index is -3.35. The summed E-state index contributed by atoms with van der Waals surface area (Å²) in [6, 6.07) is 12.2. The second kappa shape index (κ2) is 9.61. The lowest BCUT2D eigenvalue weighted by Crippen LogP contribution is -2.13. The Hall–Kier alpha value is -3.14. The van der Waals surface area contributed by atoms with Crippen molar-refractivity contribution in [2.75, 3.05) is 7.05 Å². The smallest absolute Gasteiger partial charge is 0.268 e. The van der Waals surface area contributed by atoms with E-state index in [2.05, 4.69) is 25.5 Å². The molecule has 0 aliphatic rings. The van der Waals surface area contributed by atoms with Gasteiger partial charge in [0.05, 0.1) is 27.7 Å². The van der Waals surface area contributed by atoms with E-state index in [0.29, 0.717) is 40.1 Å². The van der Waals surface area contributed by atoms with Crippen molar-refractivity contribution >= 4 is 21.4 Å². The summed E-state index contributed by atoms with van der Waals surface area (Å²) in [7, 11) is -1.49. The van der Waals surface area contributed by atoms with Gasteiger partial charge in [0, 0.05) is 25.5 Å². The Morgan fingerprint density at radius 2 is 1.74 bits per heavy atom. The predicted octanol–water partition coefficient (Wildman–Crippen LogP) is 5.22. The molecule has 4 rings (SSSR count). The van der Waals surface area contributed by atoms with E-state index in [0.717, 1.165) is 11.1 Å². The van der Waals surface area contributed by atoms with Crippen molar-refractivity contribution in [1.29, 1.82) is 0 Å². The van der Waals surface area contributed by atoms with Gasteiger partial charge in [-0.15, -0.1) is 10.2 Å². The van der Waals surface area contributed by atoms with Crippen molar-refractivity contribution in [3.8, 4) is 34.3 Å². The number of nitrogens with one attached hydrogen (secondary N) is 1. The number of aryl methyl sites for hydroxylation is 1. The van der Waals surface area contributed by atoms with Crippen LogP contribution in [0.4, 0.5) is 0 Å². The number of benzene rings is 2. The second-order valence-corrected chi connectivity index (χ2v) is 11.0. The molecule has 0 unspecified atom stereocenters. The number of nitrogens with zero attached hydrogens (tertiary/aromatic N) is 4. The molecule has 2 aromatic heterocycles. The van der Waals surface area contributed by atoms with E-state index in [1.54, 1.807) is 57.3 Å². The topological polar surface area (TPSA) is 111 Å². The molecule has 2 heterocycles. The summed E-state index contributed by atoms with van der Waals surface area (Å²) in [6.07, 6.45) is 1.63. The zero-order valence-corrected chi connectivity index (χ0v) is 20.8. The van der Waals surface area contributed by atoms with Gasteiger partial charge in [-0.3, -0.25) is 4.98 Å². The molecule has 0 aliphatic heterocycles. The Kier molecular flexibility index (Phi) is 6.79. The van der Waals surface area contributed by atoms with Crippen molar-refractivity contribution in [3.05, 3.63) is 64.9 Å². The fraction of sp³-hybridized carbons (Fsp3) is 0.250. The van der Waals surface area contributed by atoms with Crippen LogP contribution >= 0.6 is 11.6 Å². The van der Waals surface area contributed by atoms with E-state index in [4.69, 9.17) is 16.0 Å². The minimum Gasteiger partial charge on any atom is -0.415 e. The first-order valence-electron chi connectivity index (χ1n) is 10.7. The minimum absolute atomic E-state index is 0. The SMILES string of the molecule is CNCc1ccc(-c2nnc(-c3nc(-c4ccc(S(=O)(=O)C(C)C)cc4)cnc3C)o2)cc1Cl.[HH].[HH]. The Bertz CT molecular complexity index is 1440. The van der Waals surface area contributed by atoms with Crippen molar-refractivity contribution in [2.45, 2.75) is 37.5 Å². The van der Waals surface area contributed by atoms with Gasteiger partial charge in [-0.1, -0.05) is 29.8 Å². The van der Waals surface area contributed by atoms with Crippen LogP contribution in [0, 0.1) is 6.92 Å². The van der Waals surface area contributed by atoms with E-state index in [-0.39, 0.29) is 13.6 Å². The van der Waals surface area contributed by atoms with Crippen LogP contribution in [0.1, 0.15) is 28.0 Å². The molecule has 0 saturated carbocycles. The van der Waals surface area contributed by atoms with E-state index < -0.39 is 15.1 Å². The molecule has 1 N–H and O–H groups in total. The Morgan fingerprint density at radius 1 is 1.06 bits per heavy atom. The summed E-state index contributed by atoms with van der Waals surface area (Å²) in [5.74, 6) is 0.555. The number of rotatable bonds is 7. The van der Waals surface area contributed by atoms with Gasteiger partial charge in [0.2, 0.25) is 5.89 Å². The van der Waals surface area contributed by atoms with Gasteiger partial charge in [0.25, 0.3) is 5.89 Å². The van der Waals surface area contributed by atoms with Crippen molar-refractivity contribution in [3.63, 3.8) is 0 Å². The first-order chi connectivity index (χ1) is 16.2. The van der Waals surface area contributed by atoms with Gasteiger partial charge < -0.3 is 9.73 Å². The lowest BCUT2D eigenvalue weighted by Gasteiger charge is -2.09. The molecule has 0 saturated heterocycles. The van der Waals surface area contributed by atoms with Gasteiger partial charge in [-0.2, -0.15) is 0 Å². The average Bonchev–Trinajstić information content (AvgIpc) is 3.31. The third-order valence-corrected chi connectivity index (χ3v) is 7.87.